The molecule has 0 saturated heterocycles. The molecule has 0 atom stereocenters. The van der Waals surface area contributed by atoms with Crippen LogP contribution in [0.4, 0.5) is 11.4 Å². The van der Waals surface area contributed by atoms with Crippen molar-refractivity contribution in [1.82, 2.24) is 10.3 Å². The normalized spacial score (nSPS) is 10.0. The number of nitrogens with one attached hydrogen (secondary N) is 2. The van der Waals surface area contributed by atoms with E-state index < -0.39 is 0 Å². The van der Waals surface area contributed by atoms with E-state index in [1.165, 1.54) is 0 Å². The first-order valence-electron chi connectivity index (χ1n) is 6.39. The number of pyridine rings is 1. The number of hydrogen-bond acceptors (Lipinski definition) is 4. The zero-order chi connectivity index (χ0) is 15.4. The fraction of sp³-hybridized carbons (Fsp3) is 0.133. The molecule has 4 N–H and O–H groups in total. The molecular weight excluding hydrogens is 266 g/mol. The minimum Gasteiger partial charge on any atom is -0.384 e. The number of benzene rings is 1. The predicted octanol–water partition coefficient (Wildman–Crippen LogP) is 1.49. The van der Waals surface area contributed by atoms with Crippen molar-refractivity contribution < 1.29 is 4.79 Å². The number of amides is 1. The summed E-state index contributed by atoms with van der Waals surface area (Å²) in [6.07, 6.45) is 1.60. The number of nitrogens with zero attached hydrogens (tertiary/aromatic N) is 2. The molecular formula is C15H17N5O. The first-order valence-corrected chi connectivity index (χ1v) is 6.39. The van der Waals surface area contributed by atoms with Crippen LogP contribution >= 0.6 is 0 Å². The number of hydrogen-bond donors (Lipinski definition) is 3. The zero-order valence-electron chi connectivity index (χ0n) is 11.9. The first kappa shape index (κ1) is 14.5. The summed E-state index contributed by atoms with van der Waals surface area (Å²) < 4.78 is 0. The molecule has 2 rings (SSSR count). The van der Waals surface area contributed by atoms with Crippen molar-refractivity contribution in [1.29, 1.82) is 5.41 Å². The Morgan fingerprint density at radius 1 is 1.24 bits per heavy atom. The number of nitrogen functional groups attached to an aromatic ring is 1. The fourth-order valence-corrected chi connectivity index (χ4v) is 1.89. The summed E-state index contributed by atoms with van der Waals surface area (Å²) >= 11 is 0. The average Bonchev–Trinajstić information content (AvgIpc) is 2.53. The highest BCUT2D eigenvalue weighted by molar-refractivity contribution is 5.95. The maximum Gasteiger partial charge on any atom is 0.269 e. The molecule has 0 aliphatic rings. The number of carbonyl (C=O) groups is 1. The number of aromatic nitrogens is 1. The second-order valence-corrected chi connectivity index (χ2v) is 4.50. The largest absolute Gasteiger partial charge is 0.384 e. The number of anilines is 2. The Morgan fingerprint density at radius 2 is 1.90 bits per heavy atom. The quantitative estimate of drug-likeness (QED) is 0.585. The summed E-state index contributed by atoms with van der Waals surface area (Å²) in [6, 6.07) is 10.9. The highest BCUT2D eigenvalue weighted by atomic mass is 16.1. The van der Waals surface area contributed by atoms with Crippen LogP contribution in [0.5, 0.6) is 0 Å². The summed E-state index contributed by atoms with van der Waals surface area (Å²) in [5, 5.41) is 9.93. The third-order valence-corrected chi connectivity index (χ3v) is 3.16. The van der Waals surface area contributed by atoms with E-state index in [9.17, 15) is 4.79 Å². The second-order valence-electron chi connectivity index (χ2n) is 4.50. The number of rotatable bonds is 4. The smallest absolute Gasteiger partial charge is 0.269 e. The maximum absolute atomic E-state index is 11.6. The van der Waals surface area contributed by atoms with Gasteiger partial charge in [0.2, 0.25) is 0 Å². The second kappa shape index (κ2) is 6.04. The van der Waals surface area contributed by atoms with E-state index >= 15 is 0 Å². The molecule has 6 nitrogen and oxygen atoms in total. The van der Waals surface area contributed by atoms with Crippen LogP contribution in [0.3, 0.4) is 0 Å². The van der Waals surface area contributed by atoms with Crippen LogP contribution in [0.15, 0.2) is 42.6 Å². The third-order valence-electron chi connectivity index (χ3n) is 3.16. The van der Waals surface area contributed by atoms with E-state index in [-0.39, 0.29) is 11.7 Å². The van der Waals surface area contributed by atoms with Gasteiger partial charge in [-0.1, -0.05) is 0 Å². The lowest BCUT2D eigenvalue weighted by Crippen LogP contribution is -2.20. The Balaban J connectivity index is 2.29. The van der Waals surface area contributed by atoms with Gasteiger partial charge in [-0.2, -0.15) is 0 Å². The minimum absolute atomic E-state index is 0.0371. The van der Waals surface area contributed by atoms with Crippen LogP contribution in [-0.2, 0) is 0 Å². The molecule has 0 saturated carbocycles. The molecule has 0 radical (unpaired) electrons. The molecule has 0 unspecified atom stereocenters. The van der Waals surface area contributed by atoms with Gasteiger partial charge in [-0.05, 0) is 36.4 Å². The van der Waals surface area contributed by atoms with Crippen LogP contribution in [0, 0.1) is 5.41 Å². The monoisotopic (exact) mass is 283 g/mol. The third kappa shape index (κ3) is 3.17. The standard InChI is InChI=1S/C15H17N5O/c1-18-15(21)13-9-12(7-8-19-13)20(2)11-5-3-10(4-6-11)14(16)17/h3-9H,1-2H3,(H3,16,17)(H,18,21). The molecule has 1 aromatic heterocycles. The first-order chi connectivity index (χ1) is 10.0. The molecule has 1 aromatic carbocycles. The molecule has 21 heavy (non-hydrogen) atoms. The van der Waals surface area contributed by atoms with Gasteiger partial charge in [-0.3, -0.25) is 15.2 Å². The van der Waals surface area contributed by atoms with Gasteiger partial charge >= 0.3 is 0 Å². The Kier molecular flexibility index (Phi) is 4.18. The predicted molar refractivity (Wildman–Crippen MR) is 83.1 cm³/mol. The van der Waals surface area contributed by atoms with Crippen LogP contribution in [0.25, 0.3) is 0 Å². The zero-order valence-corrected chi connectivity index (χ0v) is 11.9. The molecule has 1 amide bonds. The van der Waals surface area contributed by atoms with Crippen molar-refractivity contribution in [2.45, 2.75) is 0 Å². The van der Waals surface area contributed by atoms with Gasteiger partial charge in [-0.15, -0.1) is 0 Å². The van der Waals surface area contributed by atoms with Gasteiger partial charge < -0.3 is 16.0 Å². The van der Waals surface area contributed by atoms with E-state index in [4.69, 9.17) is 11.1 Å². The van der Waals surface area contributed by atoms with Crippen molar-refractivity contribution in [2.24, 2.45) is 5.73 Å². The van der Waals surface area contributed by atoms with Crippen LogP contribution in [0.2, 0.25) is 0 Å². The van der Waals surface area contributed by atoms with Gasteiger partial charge in [0.05, 0.1) is 0 Å². The maximum atomic E-state index is 11.6. The number of nitrogens with two attached hydrogens (primary N) is 1. The Labute approximate surface area is 123 Å². The molecule has 0 aliphatic heterocycles. The Bertz CT molecular complexity index is 666. The molecule has 0 bridgehead atoms. The molecule has 6 heteroatoms. The average molecular weight is 283 g/mol. The van der Waals surface area contributed by atoms with Gasteiger partial charge in [-0.25, -0.2) is 0 Å². The van der Waals surface area contributed by atoms with Gasteiger partial charge in [0.15, 0.2) is 0 Å². The highest BCUT2D eigenvalue weighted by Crippen LogP contribution is 2.23. The molecule has 108 valence electrons. The summed E-state index contributed by atoms with van der Waals surface area (Å²) in [6.45, 7) is 0. The number of amidine groups is 1. The van der Waals surface area contributed by atoms with Crippen molar-refractivity contribution in [2.75, 3.05) is 19.0 Å². The topological polar surface area (TPSA) is 95.1 Å². The van der Waals surface area contributed by atoms with E-state index in [1.807, 2.05) is 30.1 Å². The van der Waals surface area contributed by atoms with Crippen LogP contribution in [-0.4, -0.2) is 30.8 Å². The molecule has 0 fully saturated rings. The van der Waals surface area contributed by atoms with E-state index in [2.05, 4.69) is 10.3 Å². The number of carbonyl (C=O) groups excluding carboxylic acids is 1. The highest BCUT2D eigenvalue weighted by Gasteiger charge is 2.09. The van der Waals surface area contributed by atoms with Crippen LogP contribution in [0.1, 0.15) is 16.1 Å². The van der Waals surface area contributed by atoms with Gasteiger partial charge in [0.25, 0.3) is 5.91 Å². The van der Waals surface area contributed by atoms with Crippen LogP contribution < -0.4 is 16.0 Å². The van der Waals surface area contributed by atoms with E-state index in [0.717, 1.165) is 11.4 Å². The summed E-state index contributed by atoms with van der Waals surface area (Å²) in [5.74, 6) is -0.188. The van der Waals surface area contributed by atoms with Crippen molar-refractivity contribution in [3.8, 4) is 0 Å². The molecule has 1 heterocycles. The summed E-state index contributed by atoms with van der Waals surface area (Å²) in [7, 11) is 3.46. The SMILES string of the molecule is CNC(=O)c1cc(N(C)c2ccc(C(=N)N)cc2)ccn1. The molecule has 0 spiro atoms. The fourth-order valence-electron chi connectivity index (χ4n) is 1.89. The Morgan fingerprint density at radius 3 is 2.48 bits per heavy atom. The summed E-state index contributed by atoms with van der Waals surface area (Å²) in [5.41, 5.74) is 8.25. The van der Waals surface area contributed by atoms with Crippen molar-refractivity contribution in [3.63, 3.8) is 0 Å². The van der Waals surface area contributed by atoms with Crippen molar-refractivity contribution >= 4 is 23.1 Å². The summed E-state index contributed by atoms with van der Waals surface area (Å²) in [4.78, 5) is 17.6. The lowest BCUT2D eigenvalue weighted by molar-refractivity contribution is 0.0958. The van der Waals surface area contributed by atoms with E-state index in [1.54, 1.807) is 31.4 Å². The van der Waals surface area contributed by atoms with E-state index in [0.29, 0.717) is 11.3 Å². The molecule has 2 aromatic rings. The minimum atomic E-state index is -0.225. The van der Waals surface area contributed by atoms with Gasteiger partial charge in [0.1, 0.15) is 11.5 Å². The lowest BCUT2D eigenvalue weighted by Gasteiger charge is -2.20. The lowest BCUT2D eigenvalue weighted by atomic mass is 10.1. The Hall–Kier alpha value is -2.89. The van der Waals surface area contributed by atoms with Gasteiger partial charge in [0, 0.05) is 37.2 Å². The molecule has 0 aliphatic carbocycles. The van der Waals surface area contributed by atoms with Crippen molar-refractivity contribution in [3.05, 3.63) is 53.9 Å².